The van der Waals surface area contributed by atoms with E-state index in [0.717, 1.165) is 40.9 Å². The fourth-order valence-corrected chi connectivity index (χ4v) is 2.56. The first-order valence-corrected chi connectivity index (χ1v) is 6.75. The first-order valence-electron chi connectivity index (χ1n) is 6.75. The number of hydrogen-bond acceptors (Lipinski definition) is 2. The van der Waals surface area contributed by atoms with Crippen molar-refractivity contribution >= 4 is 11.9 Å². The predicted molar refractivity (Wildman–Crippen MR) is 80.1 cm³/mol. The number of carbonyl (C=O) groups excluding carboxylic acids is 1. The van der Waals surface area contributed by atoms with Gasteiger partial charge in [-0.05, 0) is 42.2 Å². The lowest BCUT2D eigenvalue weighted by Crippen LogP contribution is -2.14. The van der Waals surface area contributed by atoms with Gasteiger partial charge in [0.25, 0.3) is 0 Å². The number of allylic oxidation sites excluding steroid dienone is 1. The van der Waals surface area contributed by atoms with Crippen molar-refractivity contribution in [2.24, 2.45) is 0 Å². The number of benzene rings is 2. The Balaban J connectivity index is 1.98. The lowest BCUT2D eigenvalue weighted by Gasteiger charge is -2.18. The molecule has 0 aromatic heterocycles. The average Bonchev–Trinajstić information content (AvgIpc) is 2.51. The second kappa shape index (κ2) is 5.33. The van der Waals surface area contributed by atoms with Crippen molar-refractivity contribution in [1.82, 2.24) is 0 Å². The molecule has 0 amide bonds. The van der Waals surface area contributed by atoms with Gasteiger partial charge in [0.05, 0.1) is 7.11 Å². The summed E-state index contributed by atoms with van der Waals surface area (Å²) >= 11 is 0. The van der Waals surface area contributed by atoms with Crippen LogP contribution in [-0.2, 0) is 6.42 Å². The second-order valence-electron chi connectivity index (χ2n) is 4.93. The maximum Gasteiger partial charge on any atom is 0.189 e. The SMILES string of the molecule is COc1ccc2c(c1)C(=O)C(=Cc1ccccc1)CC2. The Hall–Kier alpha value is -2.35. The minimum atomic E-state index is 0.119. The van der Waals surface area contributed by atoms with E-state index in [2.05, 4.69) is 0 Å². The second-order valence-corrected chi connectivity index (χ2v) is 4.93. The Morgan fingerprint density at radius 2 is 1.85 bits per heavy atom. The van der Waals surface area contributed by atoms with Crippen LogP contribution in [0.25, 0.3) is 6.08 Å². The molecule has 0 bridgehead atoms. The van der Waals surface area contributed by atoms with Crippen molar-refractivity contribution in [3.63, 3.8) is 0 Å². The van der Waals surface area contributed by atoms with Crippen LogP contribution in [0.5, 0.6) is 5.75 Å². The Kier molecular flexibility index (Phi) is 3.38. The molecule has 2 aromatic rings. The van der Waals surface area contributed by atoms with Crippen molar-refractivity contribution in [3.05, 3.63) is 70.8 Å². The molecule has 2 nitrogen and oxygen atoms in total. The highest BCUT2D eigenvalue weighted by Gasteiger charge is 2.22. The van der Waals surface area contributed by atoms with Gasteiger partial charge in [-0.3, -0.25) is 4.79 Å². The number of hydrogen-bond donors (Lipinski definition) is 0. The molecule has 0 fully saturated rings. The van der Waals surface area contributed by atoms with Crippen molar-refractivity contribution < 1.29 is 9.53 Å². The van der Waals surface area contributed by atoms with E-state index >= 15 is 0 Å². The highest BCUT2D eigenvalue weighted by Crippen LogP contribution is 2.29. The number of rotatable bonds is 2. The fraction of sp³-hybridized carbons (Fsp3) is 0.167. The summed E-state index contributed by atoms with van der Waals surface area (Å²) in [5.74, 6) is 0.854. The van der Waals surface area contributed by atoms with Crippen LogP contribution in [0, 0.1) is 0 Å². The number of fused-ring (bicyclic) bond motifs is 1. The van der Waals surface area contributed by atoms with Crippen LogP contribution in [0.1, 0.15) is 27.9 Å². The Labute approximate surface area is 118 Å². The van der Waals surface area contributed by atoms with Gasteiger partial charge in [-0.1, -0.05) is 36.4 Å². The summed E-state index contributed by atoms with van der Waals surface area (Å²) < 4.78 is 5.21. The van der Waals surface area contributed by atoms with E-state index in [4.69, 9.17) is 4.74 Å². The molecule has 0 saturated heterocycles. The summed E-state index contributed by atoms with van der Waals surface area (Å²) in [5, 5.41) is 0. The number of ketones is 1. The van der Waals surface area contributed by atoms with Gasteiger partial charge in [-0.2, -0.15) is 0 Å². The van der Waals surface area contributed by atoms with Crippen molar-refractivity contribution in [1.29, 1.82) is 0 Å². The minimum absolute atomic E-state index is 0.119. The van der Waals surface area contributed by atoms with Gasteiger partial charge >= 0.3 is 0 Å². The van der Waals surface area contributed by atoms with Gasteiger partial charge in [-0.15, -0.1) is 0 Å². The third-order valence-corrected chi connectivity index (χ3v) is 3.66. The Morgan fingerprint density at radius 3 is 2.60 bits per heavy atom. The molecule has 1 aliphatic carbocycles. The first kappa shape index (κ1) is 12.7. The molecule has 0 N–H and O–H groups in total. The van der Waals surface area contributed by atoms with E-state index in [0.29, 0.717) is 0 Å². The lowest BCUT2D eigenvalue weighted by molar-refractivity contribution is 0.102. The van der Waals surface area contributed by atoms with E-state index in [1.807, 2.05) is 54.6 Å². The largest absolute Gasteiger partial charge is 0.497 e. The zero-order valence-corrected chi connectivity index (χ0v) is 11.4. The molecule has 1 aliphatic rings. The molecule has 0 radical (unpaired) electrons. The van der Waals surface area contributed by atoms with E-state index in [-0.39, 0.29) is 5.78 Å². The van der Waals surface area contributed by atoms with Gasteiger partial charge in [0.1, 0.15) is 5.75 Å². The molecule has 2 heteroatoms. The quantitative estimate of drug-likeness (QED) is 0.769. The molecular formula is C18H16O2. The molecule has 2 aromatic carbocycles. The molecule has 3 rings (SSSR count). The van der Waals surface area contributed by atoms with Gasteiger partial charge in [0.15, 0.2) is 5.78 Å². The van der Waals surface area contributed by atoms with Gasteiger partial charge < -0.3 is 4.74 Å². The topological polar surface area (TPSA) is 26.3 Å². The van der Waals surface area contributed by atoms with Gasteiger partial charge in [-0.25, -0.2) is 0 Å². The van der Waals surface area contributed by atoms with Crippen LogP contribution in [0.2, 0.25) is 0 Å². The highest BCUT2D eigenvalue weighted by molar-refractivity contribution is 6.13. The normalized spacial score (nSPS) is 16.1. The maximum absolute atomic E-state index is 12.6. The molecule has 100 valence electrons. The molecule has 0 heterocycles. The summed E-state index contributed by atoms with van der Waals surface area (Å²) in [5.41, 5.74) is 3.83. The zero-order valence-electron chi connectivity index (χ0n) is 11.4. The van der Waals surface area contributed by atoms with Gasteiger partial charge in [0.2, 0.25) is 0 Å². The van der Waals surface area contributed by atoms with E-state index in [9.17, 15) is 4.79 Å². The standard InChI is InChI=1S/C18H16O2/c1-20-16-10-9-14-7-8-15(18(19)17(14)12-16)11-13-5-3-2-4-6-13/h2-6,9-12H,7-8H2,1H3. The summed E-state index contributed by atoms with van der Waals surface area (Å²) in [4.78, 5) is 12.6. The Morgan fingerprint density at radius 1 is 1.05 bits per heavy atom. The predicted octanol–water partition coefficient (Wildman–Crippen LogP) is 3.91. The number of aryl methyl sites for hydroxylation is 1. The lowest BCUT2D eigenvalue weighted by atomic mass is 9.86. The van der Waals surface area contributed by atoms with Crippen LogP contribution in [0.15, 0.2) is 54.1 Å². The smallest absolute Gasteiger partial charge is 0.189 e. The number of methoxy groups -OCH3 is 1. The van der Waals surface area contributed by atoms with E-state index < -0.39 is 0 Å². The first-order chi connectivity index (χ1) is 9.78. The average molecular weight is 264 g/mol. The summed E-state index contributed by atoms with van der Waals surface area (Å²) in [6.07, 6.45) is 3.70. The van der Waals surface area contributed by atoms with Crippen molar-refractivity contribution in [2.45, 2.75) is 12.8 Å². The maximum atomic E-state index is 12.6. The zero-order chi connectivity index (χ0) is 13.9. The monoisotopic (exact) mass is 264 g/mol. The van der Waals surface area contributed by atoms with Crippen molar-refractivity contribution in [2.75, 3.05) is 7.11 Å². The summed E-state index contributed by atoms with van der Waals surface area (Å²) in [6, 6.07) is 15.7. The number of ether oxygens (including phenoxy) is 1. The van der Waals surface area contributed by atoms with Gasteiger partial charge in [0, 0.05) is 11.1 Å². The van der Waals surface area contributed by atoms with E-state index in [1.165, 1.54) is 0 Å². The Bertz CT molecular complexity index is 669. The van der Waals surface area contributed by atoms with Crippen LogP contribution in [0.4, 0.5) is 0 Å². The molecule has 0 atom stereocenters. The minimum Gasteiger partial charge on any atom is -0.497 e. The number of Topliss-reactive ketones (excluding diaryl/α,β-unsaturated/α-hetero) is 1. The van der Waals surface area contributed by atoms with Crippen LogP contribution >= 0.6 is 0 Å². The summed E-state index contributed by atoms with van der Waals surface area (Å²) in [6.45, 7) is 0. The molecule has 0 saturated carbocycles. The third-order valence-electron chi connectivity index (χ3n) is 3.66. The van der Waals surface area contributed by atoms with Crippen LogP contribution in [-0.4, -0.2) is 12.9 Å². The highest BCUT2D eigenvalue weighted by atomic mass is 16.5. The van der Waals surface area contributed by atoms with Crippen molar-refractivity contribution in [3.8, 4) is 5.75 Å². The molecular weight excluding hydrogens is 248 g/mol. The molecule has 0 aliphatic heterocycles. The molecule has 0 spiro atoms. The fourth-order valence-electron chi connectivity index (χ4n) is 2.56. The number of carbonyl (C=O) groups is 1. The third kappa shape index (κ3) is 2.37. The van der Waals surface area contributed by atoms with Crippen LogP contribution < -0.4 is 4.74 Å². The molecule has 0 unspecified atom stereocenters. The summed E-state index contributed by atoms with van der Waals surface area (Å²) in [7, 11) is 1.62. The van der Waals surface area contributed by atoms with E-state index in [1.54, 1.807) is 7.11 Å². The van der Waals surface area contributed by atoms with Crippen LogP contribution in [0.3, 0.4) is 0 Å². The molecule has 20 heavy (non-hydrogen) atoms.